The molecule has 4 heteroatoms. The molecule has 62 valence electrons. The van der Waals surface area contributed by atoms with Crippen LogP contribution < -0.4 is 0 Å². The van der Waals surface area contributed by atoms with Crippen LogP contribution in [0.5, 0.6) is 0 Å². The number of fused-ring (bicyclic) bond motifs is 1. The zero-order valence-corrected chi connectivity index (χ0v) is 7.68. The first-order valence-corrected chi connectivity index (χ1v) is 4.42. The second kappa shape index (κ2) is 2.42. The van der Waals surface area contributed by atoms with E-state index in [0.29, 0.717) is 0 Å². The summed E-state index contributed by atoms with van der Waals surface area (Å²) in [6, 6.07) is 1.82. The lowest BCUT2D eigenvalue weighted by Crippen LogP contribution is -1.88. The van der Waals surface area contributed by atoms with Gasteiger partial charge in [-0.1, -0.05) is 0 Å². The third kappa shape index (κ3) is 0.881. The molecule has 0 saturated carbocycles. The molecule has 2 heterocycles. The van der Waals surface area contributed by atoms with Gasteiger partial charge in [0.05, 0.1) is 4.88 Å². The van der Waals surface area contributed by atoms with E-state index in [0.717, 1.165) is 27.3 Å². The minimum absolute atomic E-state index is 0.739. The lowest BCUT2D eigenvalue weighted by molar-refractivity contribution is 0.112. The Bertz CT molecular complexity index is 441. The van der Waals surface area contributed by atoms with Gasteiger partial charge < -0.3 is 4.57 Å². The monoisotopic (exact) mass is 180 g/mol. The maximum absolute atomic E-state index is 10.4. The van der Waals surface area contributed by atoms with Crippen LogP contribution >= 0.6 is 11.3 Å². The molecular formula is C8H8N2OS. The Balaban J connectivity index is 2.79. The zero-order valence-electron chi connectivity index (χ0n) is 6.87. The quantitative estimate of drug-likeness (QED) is 0.627. The van der Waals surface area contributed by atoms with Crippen LogP contribution in [0, 0.1) is 6.92 Å². The van der Waals surface area contributed by atoms with E-state index >= 15 is 0 Å². The number of rotatable bonds is 1. The third-order valence-electron chi connectivity index (χ3n) is 1.90. The molecule has 12 heavy (non-hydrogen) atoms. The van der Waals surface area contributed by atoms with E-state index < -0.39 is 0 Å². The normalized spacial score (nSPS) is 10.8. The molecule has 0 aliphatic carbocycles. The molecule has 3 nitrogen and oxygen atoms in total. The fraction of sp³-hybridized carbons (Fsp3) is 0.250. The average molecular weight is 180 g/mol. The Labute approximate surface area is 73.6 Å². The summed E-state index contributed by atoms with van der Waals surface area (Å²) in [5, 5.41) is 0. The van der Waals surface area contributed by atoms with Gasteiger partial charge >= 0.3 is 0 Å². The molecule has 0 saturated heterocycles. The molecular weight excluding hydrogens is 172 g/mol. The summed E-state index contributed by atoms with van der Waals surface area (Å²) >= 11 is 1.48. The van der Waals surface area contributed by atoms with Crippen molar-refractivity contribution < 1.29 is 4.79 Å². The second-order valence-corrected chi connectivity index (χ2v) is 3.74. The highest BCUT2D eigenvalue weighted by Gasteiger charge is 2.07. The van der Waals surface area contributed by atoms with E-state index in [1.807, 2.05) is 24.6 Å². The third-order valence-corrected chi connectivity index (χ3v) is 3.03. The molecule has 0 aromatic carbocycles. The summed E-state index contributed by atoms with van der Waals surface area (Å²) in [4.78, 5) is 16.5. The fourth-order valence-corrected chi connectivity index (χ4v) is 2.08. The average Bonchev–Trinajstić information content (AvgIpc) is 2.55. The number of carbonyl (C=O) groups excluding carboxylic acids is 1. The summed E-state index contributed by atoms with van der Waals surface area (Å²) in [5.74, 6) is 0.980. The maximum Gasteiger partial charge on any atom is 0.160 e. The van der Waals surface area contributed by atoms with Crippen molar-refractivity contribution in [2.45, 2.75) is 6.92 Å². The van der Waals surface area contributed by atoms with Crippen LogP contribution in [0.3, 0.4) is 0 Å². The molecule has 2 aromatic heterocycles. The van der Waals surface area contributed by atoms with Crippen molar-refractivity contribution >= 4 is 28.0 Å². The highest BCUT2D eigenvalue weighted by molar-refractivity contribution is 7.20. The molecule has 0 unspecified atom stereocenters. The van der Waals surface area contributed by atoms with Crippen LogP contribution in [0.15, 0.2) is 6.07 Å². The molecule has 0 aliphatic rings. The Kier molecular flexibility index (Phi) is 1.51. The van der Waals surface area contributed by atoms with E-state index in [9.17, 15) is 4.79 Å². The van der Waals surface area contributed by atoms with Crippen molar-refractivity contribution in [2.75, 3.05) is 0 Å². The Morgan fingerprint density at radius 2 is 2.42 bits per heavy atom. The van der Waals surface area contributed by atoms with Gasteiger partial charge in [0.2, 0.25) is 0 Å². The van der Waals surface area contributed by atoms with E-state index in [4.69, 9.17) is 0 Å². The van der Waals surface area contributed by atoms with Gasteiger partial charge in [-0.3, -0.25) is 4.79 Å². The predicted molar refractivity (Wildman–Crippen MR) is 48.7 cm³/mol. The molecule has 0 radical (unpaired) electrons. The van der Waals surface area contributed by atoms with Crippen molar-refractivity contribution in [2.24, 2.45) is 7.05 Å². The first kappa shape index (κ1) is 7.49. The summed E-state index contributed by atoms with van der Waals surface area (Å²) in [5.41, 5.74) is 0.919. The number of carbonyl (C=O) groups is 1. The zero-order chi connectivity index (χ0) is 8.72. The minimum Gasteiger partial charge on any atom is -0.323 e. The van der Waals surface area contributed by atoms with Crippen LogP contribution in [-0.4, -0.2) is 15.8 Å². The largest absolute Gasteiger partial charge is 0.323 e. The highest BCUT2D eigenvalue weighted by Crippen LogP contribution is 2.23. The summed E-state index contributed by atoms with van der Waals surface area (Å²) in [6.45, 7) is 1.95. The van der Waals surface area contributed by atoms with Crippen molar-refractivity contribution in [3.8, 4) is 0 Å². The molecule has 0 aliphatic heterocycles. The van der Waals surface area contributed by atoms with Gasteiger partial charge in [-0.25, -0.2) is 4.98 Å². The summed E-state index contributed by atoms with van der Waals surface area (Å²) < 4.78 is 1.99. The van der Waals surface area contributed by atoms with Gasteiger partial charge in [-0.2, -0.15) is 0 Å². The van der Waals surface area contributed by atoms with Crippen LogP contribution in [-0.2, 0) is 7.05 Å². The lowest BCUT2D eigenvalue weighted by atomic mass is 10.5. The summed E-state index contributed by atoms with van der Waals surface area (Å²) in [7, 11) is 1.95. The number of aryl methyl sites for hydroxylation is 2. The Hall–Kier alpha value is -1.16. The smallest absolute Gasteiger partial charge is 0.160 e. The molecule has 0 atom stereocenters. The molecule has 2 aromatic rings. The van der Waals surface area contributed by atoms with Crippen LogP contribution in [0.25, 0.3) is 10.3 Å². The number of imidazole rings is 1. The van der Waals surface area contributed by atoms with E-state index in [2.05, 4.69) is 4.98 Å². The highest BCUT2D eigenvalue weighted by atomic mass is 32.1. The van der Waals surface area contributed by atoms with Gasteiger partial charge in [-0.15, -0.1) is 11.3 Å². The summed E-state index contributed by atoms with van der Waals surface area (Å²) in [6.07, 6.45) is 0.863. The van der Waals surface area contributed by atoms with Crippen molar-refractivity contribution in [1.29, 1.82) is 0 Å². The van der Waals surface area contributed by atoms with Crippen LogP contribution in [0.1, 0.15) is 15.5 Å². The Morgan fingerprint density at radius 3 is 3.00 bits per heavy atom. The lowest BCUT2D eigenvalue weighted by Gasteiger charge is -1.91. The standard InChI is InChI=1S/C8H8N2OS/c1-5-9-7-3-6(4-11)12-8(7)10(5)2/h3-4H,1-2H3. The van der Waals surface area contributed by atoms with E-state index in [-0.39, 0.29) is 0 Å². The molecule has 2 rings (SSSR count). The van der Waals surface area contributed by atoms with E-state index in [1.165, 1.54) is 11.3 Å². The molecule has 0 spiro atoms. The number of thiophene rings is 1. The first-order valence-electron chi connectivity index (χ1n) is 3.60. The van der Waals surface area contributed by atoms with Gasteiger partial charge in [0, 0.05) is 7.05 Å². The molecule has 0 amide bonds. The van der Waals surface area contributed by atoms with E-state index in [1.54, 1.807) is 0 Å². The number of aromatic nitrogens is 2. The second-order valence-electron chi connectivity index (χ2n) is 2.68. The van der Waals surface area contributed by atoms with Crippen LogP contribution in [0.4, 0.5) is 0 Å². The van der Waals surface area contributed by atoms with Gasteiger partial charge in [-0.05, 0) is 13.0 Å². The maximum atomic E-state index is 10.4. The molecule has 0 fully saturated rings. The number of aldehydes is 1. The Morgan fingerprint density at radius 1 is 1.67 bits per heavy atom. The van der Waals surface area contributed by atoms with Gasteiger partial charge in [0.1, 0.15) is 16.2 Å². The van der Waals surface area contributed by atoms with Crippen LogP contribution in [0.2, 0.25) is 0 Å². The van der Waals surface area contributed by atoms with Gasteiger partial charge in [0.25, 0.3) is 0 Å². The number of hydrogen-bond acceptors (Lipinski definition) is 3. The number of hydrogen-bond donors (Lipinski definition) is 0. The predicted octanol–water partition coefficient (Wildman–Crippen LogP) is 1.76. The van der Waals surface area contributed by atoms with Crippen molar-refractivity contribution in [3.63, 3.8) is 0 Å². The topological polar surface area (TPSA) is 34.9 Å². The fourth-order valence-electron chi connectivity index (χ4n) is 1.16. The molecule has 0 N–H and O–H groups in total. The van der Waals surface area contributed by atoms with Crippen molar-refractivity contribution in [1.82, 2.24) is 9.55 Å². The van der Waals surface area contributed by atoms with Crippen molar-refractivity contribution in [3.05, 3.63) is 16.8 Å². The molecule has 0 bridgehead atoms. The van der Waals surface area contributed by atoms with Gasteiger partial charge in [0.15, 0.2) is 6.29 Å². The minimum atomic E-state index is 0.739. The first-order chi connectivity index (χ1) is 5.72. The number of nitrogens with zero attached hydrogens (tertiary/aromatic N) is 2. The SMILES string of the molecule is Cc1nc2cc(C=O)sc2n1C.